The van der Waals surface area contributed by atoms with Crippen molar-refractivity contribution in [1.29, 1.82) is 0 Å². The fraction of sp³-hybridized carbons (Fsp3) is 0. The molecule has 0 bridgehead atoms. The van der Waals surface area contributed by atoms with E-state index in [1.54, 1.807) is 23.6 Å². The van der Waals surface area contributed by atoms with Crippen LogP contribution in [0.1, 0.15) is 10.5 Å². The van der Waals surface area contributed by atoms with Crippen molar-refractivity contribution >= 4 is 33.3 Å². The maximum atomic E-state index is 12.5. The molecule has 0 aliphatic heterocycles. The largest absolute Gasteiger partial charge is 0.321 e. The van der Waals surface area contributed by atoms with E-state index in [0.29, 0.717) is 11.4 Å². The molecule has 0 aliphatic carbocycles. The van der Waals surface area contributed by atoms with Crippen molar-refractivity contribution < 1.29 is 4.79 Å². The van der Waals surface area contributed by atoms with Gasteiger partial charge in [-0.15, -0.1) is 0 Å². The summed E-state index contributed by atoms with van der Waals surface area (Å²) in [5.41, 5.74) is 4.67. The summed E-state index contributed by atoms with van der Waals surface area (Å²) in [6.45, 7) is 0. The highest BCUT2D eigenvalue weighted by atomic mass is 32.1. The lowest BCUT2D eigenvalue weighted by atomic mass is 10.1. The van der Waals surface area contributed by atoms with Crippen LogP contribution < -0.4 is 5.32 Å². The van der Waals surface area contributed by atoms with E-state index < -0.39 is 0 Å². The first-order valence-electron chi connectivity index (χ1n) is 9.00. The van der Waals surface area contributed by atoms with E-state index >= 15 is 0 Å². The molecule has 2 N–H and O–H groups in total. The van der Waals surface area contributed by atoms with Gasteiger partial charge in [0.2, 0.25) is 0 Å². The molecule has 0 aliphatic rings. The molecule has 3 aromatic heterocycles. The first-order valence-corrected chi connectivity index (χ1v) is 9.82. The smallest absolute Gasteiger partial charge is 0.273 e. The average Bonchev–Trinajstić information content (AvgIpc) is 3.42. The fourth-order valence-electron chi connectivity index (χ4n) is 2.98. The van der Waals surface area contributed by atoms with Gasteiger partial charge in [-0.05, 0) is 42.5 Å². The van der Waals surface area contributed by atoms with Gasteiger partial charge in [-0.25, -0.2) is 9.97 Å². The minimum atomic E-state index is -0.239. The highest BCUT2D eigenvalue weighted by Crippen LogP contribution is 2.29. The third-order valence-corrected chi connectivity index (χ3v) is 5.48. The van der Waals surface area contributed by atoms with Crippen LogP contribution in [0.15, 0.2) is 79.0 Å². The molecule has 1 amide bonds. The molecule has 2 aromatic carbocycles. The lowest BCUT2D eigenvalue weighted by Gasteiger charge is -2.04. The zero-order chi connectivity index (χ0) is 19.6. The summed E-state index contributed by atoms with van der Waals surface area (Å²) < 4.78 is 0. The number of H-pyrrole nitrogens is 1. The van der Waals surface area contributed by atoms with Crippen molar-refractivity contribution in [1.82, 2.24) is 20.2 Å². The molecule has 7 heteroatoms. The van der Waals surface area contributed by atoms with E-state index in [9.17, 15) is 4.79 Å². The highest BCUT2D eigenvalue weighted by Gasteiger charge is 2.12. The van der Waals surface area contributed by atoms with E-state index in [1.165, 1.54) is 0 Å². The number of nitrogens with zero attached hydrogens (tertiary/aromatic N) is 3. The number of aromatic amines is 1. The van der Waals surface area contributed by atoms with Crippen molar-refractivity contribution in [3.05, 3.63) is 84.7 Å². The third kappa shape index (κ3) is 3.51. The number of pyridine rings is 1. The van der Waals surface area contributed by atoms with Crippen molar-refractivity contribution in [2.75, 3.05) is 5.32 Å². The maximum Gasteiger partial charge on any atom is 0.273 e. The predicted molar refractivity (Wildman–Crippen MR) is 115 cm³/mol. The normalized spacial score (nSPS) is 10.9. The van der Waals surface area contributed by atoms with Crippen LogP contribution in [0.3, 0.4) is 0 Å². The highest BCUT2D eigenvalue weighted by molar-refractivity contribution is 7.21. The van der Waals surface area contributed by atoms with Crippen LogP contribution in [-0.2, 0) is 0 Å². The molecule has 0 radical (unpaired) electrons. The summed E-state index contributed by atoms with van der Waals surface area (Å²) in [5.74, 6) is -0.239. The molecule has 0 spiro atoms. The molecule has 5 rings (SSSR count). The van der Waals surface area contributed by atoms with Crippen LogP contribution in [-0.4, -0.2) is 26.1 Å². The van der Waals surface area contributed by atoms with E-state index in [1.807, 2.05) is 66.7 Å². The predicted octanol–water partition coefficient (Wildman–Crippen LogP) is 5.00. The van der Waals surface area contributed by atoms with Crippen molar-refractivity contribution in [2.45, 2.75) is 0 Å². The Bertz CT molecular complexity index is 1260. The molecular weight excluding hydrogens is 382 g/mol. The van der Waals surface area contributed by atoms with Crippen LogP contribution in [0.25, 0.3) is 32.2 Å². The number of hydrogen-bond acceptors (Lipinski definition) is 5. The van der Waals surface area contributed by atoms with Gasteiger partial charge in [-0.3, -0.25) is 9.89 Å². The number of benzene rings is 2. The number of amides is 1. The quantitative estimate of drug-likeness (QED) is 0.447. The second kappa shape index (κ2) is 7.29. The summed E-state index contributed by atoms with van der Waals surface area (Å²) >= 11 is 1.54. The molecule has 29 heavy (non-hydrogen) atoms. The summed E-state index contributed by atoms with van der Waals surface area (Å²) in [5, 5.41) is 10.8. The van der Waals surface area contributed by atoms with E-state index in [2.05, 4.69) is 25.5 Å². The summed E-state index contributed by atoms with van der Waals surface area (Å²) in [4.78, 5) is 22.4. The number of fused-ring (bicyclic) bond motifs is 1. The Kier molecular flexibility index (Phi) is 4.34. The number of hydrogen-bond donors (Lipinski definition) is 2. The van der Waals surface area contributed by atoms with Gasteiger partial charge in [0.15, 0.2) is 0 Å². The minimum absolute atomic E-state index is 0.239. The second-order valence-corrected chi connectivity index (χ2v) is 7.39. The summed E-state index contributed by atoms with van der Waals surface area (Å²) in [6, 6.07) is 22.9. The van der Waals surface area contributed by atoms with Gasteiger partial charge in [0.1, 0.15) is 21.0 Å². The van der Waals surface area contributed by atoms with E-state index in [0.717, 1.165) is 32.2 Å². The third-order valence-electron chi connectivity index (χ3n) is 4.45. The molecule has 6 nitrogen and oxygen atoms in total. The first kappa shape index (κ1) is 17.3. The zero-order valence-electron chi connectivity index (χ0n) is 15.2. The summed E-state index contributed by atoms with van der Waals surface area (Å²) in [6.07, 6.45) is 1.77. The van der Waals surface area contributed by atoms with Crippen LogP contribution in [0.5, 0.6) is 0 Å². The Morgan fingerprint density at radius 3 is 2.55 bits per heavy atom. The molecule has 0 fully saturated rings. The lowest BCUT2D eigenvalue weighted by molar-refractivity contribution is 0.102. The van der Waals surface area contributed by atoms with Gasteiger partial charge in [0.25, 0.3) is 5.91 Å². The van der Waals surface area contributed by atoms with Gasteiger partial charge >= 0.3 is 0 Å². The molecule has 0 atom stereocenters. The van der Waals surface area contributed by atoms with Crippen molar-refractivity contribution in [2.24, 2.45) is 0 Å². The topological polar surface area (TPSA) is 83.6 Å². The van der Waals surface area contributed by atoms with Crippen LogP contribution in [0.4, 0.5) is 5.69 Å². The number of rotatable bonds is 4. The number of carbonyl (C=O) groups is 1. The number of aromatic nitrogens is 4. The summed E-state index contributed by atoms with van der Waals surface area (Å²) in [7, 11) is 0. The van der Waals surface area contributed by atoms with Crippen LogP contribution in [0.2, 0.25) is 0 Å². The first-order chi connectivity index (χ1) is 14.3. The molecular formula is C22H15N5OS. The number of anilines is 1. The molecule has 5 aromatic rings. The van der Waals surface area contributed by atoms with Gasteiger partial charge < -0.3 is 5.32 Å². The Morgan fingerprint density at radius 2 is 1.76 bits per heavy atom. The zero-order valence-corrected chi connectivity index (χ0v) is 16.0. The van der Waals surface area contributed by atoms with Crippen molar-refractivity contribution in [3.63, 3.8) is 0 Å². The second-order valence-electron chi connectivity index (χ2n) is 6.41. The number of nitrogens with one attached hydrogen (secondary N) is 2. The Labute approximate surface area is 170 Å². The van der Waals surface area contributed by atoms with Gasteiger partial charge in [0, 0.05) is 23.0 Å². The standard InChI is InChI=1S/C22H15N5OS/c28-20(19-13-18(26-27-19)14-5-2-1-3-6-14)24-16-10-8-15(9-11-16)21-25-17-7-4-12-23-22(17)29-21/h1-13H,(H,24,28)(H,26,27). The van der Waals surface area contributed by atoms with Gasteiger partial charge in [-0.1, -0.05) is 41.7 Å². The van der Waals surface area contributed by atoms with Crippen molar-refractivity contribution in [3.8, 4) is 21.8 Å². The number of thiazole rings is 1. The minimum Gasteiger partial charge on any atom is -0.321 e. The maximum absolute atomic E-state index is 12.5. The number of carbonyl (C=O) groups excluding carboxylic acids is 1. The molecule has 140 valence electrons. The monoisotopic (exact) mass is 397 g/mol. The molecule has 3 heterocycles. The van der Waals surface area contributed by atoms with Crippen LogP contribution >= 0.6 is 11.3 Å². The molecule has 0 saturated carbocycles. The lowest BCUT2D eigenvalue weighted by Crippen LogP contribution is -2.12. The Balaban J connectivity index is 1.32. The SMILES string of the molecule is O=C(Nc1ccc(-c2nc3cccnc3s2)cc1)c1cc(-c2ccccc2)n[nH]1. The molecule has 0 unspecified atom stereocenters. The van der Waals surface area contributed by atoms with E-state index in [-0.39, 0.29) is 5.91 Å². The van der Waals surface area contributed by atoms with Gasteiger partial charge in [-0.2, -0.15) is 5.10 Å². The fourth-order valence-corrected chi connectivity index (χ4v) is 3.90. The Morgan fingerprint density at radius 1 is 0.931 bits per heavy atom. The van der Waals surface area contributed by atoms with E-state index in [4.69, 9.17) is 0 Å². The molecule has 0 saturated heterocycles. The van der Waals surface area contributed by atoms with Gasteiger partial charge in [0.05, 0.1) is 5.69 Å². The Hall–Kier alpha value is -3.84. The average molecular weight is 397 g/mol. The van der Waals surface area contributed by atoms with Crippen LogP contribution in [0, 0.1) is 0 Å².